The summed E-state index contributed by atoms with van der Waals surface area (Å²) in [5.74, 6) is -0.301. The predicted octanol–water partition coefficient (Wildman–Crippen LogP) is 2.79. The number of benzene rings is 1. The molecular weight excluding hydrogens is 205 g/mol. The lowest BCUT2D eigenvalue weighted by Crippen LogP contribution is -1.97. The van der Waals surface area contributed by atoms with Crippen LogP contribution in [-0.2, 0) is 0 Å². The number of halogens is 1. The molecule has 0 atom stereocenters. The third kappa shape index (κ3) is 2.59. The zero-order valence-corrected chi connectivity index (χ0v) is 9.00. The quantitative estimate of drug-likeness (QED) is 0.771. The van der Waals surface area contributed by atoms with E-state index < -0.39 is 0 Å². The fraction of sp³-hybridized carbons (Fsp3) is 0.167. The molecule has 0 saturated carbocycles. The Labute approximate surface area is 93.4 Å². The first-order valence-electron chi connectivity index (χ1n) is 4.62. The van der Waals surface area contributed by atoms with Crippen molar-refractivity contribution >= 4 is 5.69 Å². The maximum Gasteiger partial charge on any atom is 0.145 e. The summed E-state index contributed by atoms with van der Waals surface area (Å²) in [5, 5.41) is 19.9. The van der Waals surface area contributed by atoms with Crippen LogP contribution < -0.4 is 5.32 Å². The van der Waals surface area contributed by atoms with Crippen LogP contribution in [0.3, 0.4) is 0 Å². The summed E-state index contributed by atoms with van der Waals surface area (Å²) in [7, 11) is 0. The van der Waals surface area contributed by atoms with Gasteiger partial charge < -0.3 is 5.32 Å². The van der Waals surface area contributed by atoms with Crippen LogP contribution in [0.15, 0.2) is 23.9 Å². The first-order chi connectivity index (χ1) is 7.58. The van der Waals surface area contributed by atoms with Crippen LogP contribution in [0.2, 0.25) is 0 Å². The Hall–Kier alpha value is -2.33. The van der Waals surface area contributed by atoms with E-state index in [2.05, 4.69) is 5.32 Å². The Morgan fingerprint density at radius 2 is 1.75 bits per heavy atom. The summed E-state index contributed by atoms with van der Waals surface area (Å²) in [6, 6.07) is 6.25. The van der Waals surface area contributed by atoms with Gasteiger partial charge in [0.2, 0.25) is 0 Å². The molecule has 0 spiro atoms. The molecule has 4 heteroatoms. The smallest absolute Gasteiger partial charge is 0.145 e. The summed E-state index contributed by atoms with van der Waals surface area (Å²) >= 11 is 0. The van der Waals surface area contributed by atoms with E-state index in [1.165, 1.54) is 18.3 Å². The highest BCUT2D eigenvalue weighted by Gasteiger charge is 2.03. The first-order valence-corrected chi connectivity index (χ1v) is 4.62. The van der Waals surface area contributed by atoms with Crippen molar-refractivity contribution < 1.29 is 4.39 Å². The lowest BCUT2D eigenvalue weighted by atomic mass is 10.1. The van der Waals surface area contributed by atoms with Gasteiger partial charge in [-0.25, -0.2) is 4.39 Å². The van der Waals surface area contributed by atoms with Crippen LogP contribution >= 0.6 is 0 Å². The zero-order valence-electron chi connectivity index (χ0n) is 9.00. The summed E-state index contributed by atoms with van der Waals surface area (Å²) in [6.45, 7) is 3.51. The van der Waals surface area contributed by atoms with E-state index in [4.69, 9.17) is 10.5 Å². The summed E-state index contributed by atoms with van der Waals surface area (Å²) in [4.78, 5) is 0. The molecule has 0 aromatic heterocycles. The van der Waals surface area contributed by atoms with Gasteiger partial charge in [-0.1, -0.05) is 0 Å². The molecule has 1 N–H and O–H groups in total. The first kappa shape index (κ1) is 11.7. The fourth-order valence-electron chi connectivity index (χ4n) is 1.37. The van der Waals surface area contributed by atoms with Gasteiger partial charge in [0.1, 0.15) is 23.5 Å². The van der Waals surface area contributed by atoms with Crippen LogP contribution in [-0.4, -0.2) is 0 Å². The van der Waals surface area contributed by atoms with Gasteiger partial charge in [0, 0.05) is 11.9 Å². The minimum Gasteiger partial charge on any atom is -0.359 e. The average Bonchev–Trinajstić information content (AvgIpc) is 2.22. The number of aryl methyl sites for hydroxylation is 2. The van der Waals surface area contributed by atoms with Crippen molar-refractivity contribution in [2.24, 2.45) is 0 Å². The monoisotopic (exact) mass is 215 g/mol. The number of nitriles is 2. The Morgan fingerprint density at radius 3 is 2.19 bits per heavy atom. The summed E-state index contributed by atoms with van der Waals surface area (Å²) in [5.41, 5.74) is 2.14. The third-order valence-electron chi connectivity index (χ3n) is 2.10. The highest BCUT2D eigenvalue weighted by atomic mass is 19.1. The predicted molar refractivity (Wildman–Crippen MR) is 58.8 cm³/mol. The van der Waals surface area contributed by atoms with Crippen LogP contribution in [0.1, 0.15) is 11.1 Å². The Morgan fingerprint density at radius 1 is 1.25 bits per heavy atom. The van der Waals surface area contributed by atoms with Crippen LogP contribution in [0.4, 0.5) is 10.1 Å². The Kier molecular flexibility index (Phi) is 3.63. The molecule has 0 saturated heterocycles. The largest absolute Gasteiger partial charge is 0.359 e. The van der Waals surface area contributed by atoms with Gasteiger partial charge in [-0.15, -0.1) is 0 Å². The molecule has 16 heavy (non-hydrogen) atoms. The lowest BCUT2D eigenvalue weighted by molar-refractivity contribution is 0.625. The van der Waals surface area contributed by atoms with E-state index in [1.54, 1.807) is 26.0 Å². The van der Waals surface area contributed by atoms with Gasteiger partial charge in [-0.2, -0.15) is 10.5 Å². The third-order valence-corrected chi connectivity index (χ3v) is 2.10. The van der Waals surface area contributed by atoms with Crippen molar-refractivity contribution in [2.75, 3.05) is 5.32 Å². The molecule has 0 fully saturated rings. The maximum atomic E-state index is 13.0. The van der Waals surface area contributed by atoms with E-state index in [0.717, 1.165) is 11.1 Å². The molecule has 80 valence electrons. The van der Waals surface area contributed by atoms with Gasteiger partial charge >= 0.3 is 0 Å². The molecule has 0 amide bonds. The lowest BCUT2D eigenvalue weighted by Gasteiger charge is -2.09. The van der Waals surface area contributed by atoms with Crippen molar-refractivity contribution in [1.82, 2.24) is 0 Å². The van der Waals surface area contributed by atoms with Crippen LogP contribution in [0, 0.1) is 42.3 Å². The summed E-state index contributed by atoms with van der Waals surface area (Å²) < 4.78 is 13.0. The van der Waals surface area contributed by atoms with E-state index >= 15 is 0 Å². The Bertz CT molecular complexity index is 479. The van der Waals surface area contributed by atoms with Crippen LogP contribution in [0.25, 0.3) is 0 Å². The molecule has 0 radical (unpaired) electrons. The number of nitrogens with zero attached hydrogens (tertiary/aromatic N) is 2. The van der Waals surface area contributed by atoms with Gasteiger partial charge in [0.25, 0.3) is 0 Å². The number of rotatable bonds is 2. The highest BCUT2D eigenvalue weighted by Crippen LogP contribution is 2.21. The fourth-order valence-corrected chi connectivity index (χ4v) is 1.37. The number of hydrogen-bond donors (Lipinski definition) is 1. The molecule has 0 aliphatic rings. The standard InChI is InChI=1S/C12H10FN3/c1-8-3-11(13)4-9(2)12(8)16-7-10(5-14)6-15/h3-4,7,16H,1-2H3. The number of allylic oxidation sites excluding steroid dienone is 1. The Balaban J connectivity index is 3.05. The molecule has 1 aromatic rings. The van der Waals surface area contributed by atoms with E-state index in [-0.39, 0.29) is 11.4 Å². The van der Waals surface area contributed by atoms with E-state index in [1.807, 2.05) is 0 Å². The molecule has 0 bridgehead atoms. The van der Waals surface area contributed by atoms with Crippen molar-refractivity contribution in [3.8, 4) is 12.1 Å². The molecular formula is C12H10FN3. The second kappa shape index (κ2) is 4.95. The van der Waals surface area contributed by atoms with Gasteiger partial charge in [-0.05, 0) is 37.1 Å². The van der Waals surface area contributed by atoms with E-state index in [0.29, 0.717) is 5.69 Å². The normalized spacial score (nSPS) is 8.81. The van der Waals surface area contributed by atoms with Gasteiger partial charge in [0.15, 0.2) is 0 Å². The molecule has 0 heterocycles. The van der Waals surface area contributed by atoms with Crippen molar-refractivity contribution in [2.45, 2.75) is 13.8 Å². The molecule has 1 aromatic carbocycles. The van der Waals surface area contributed by atoms with Crippen LogP contribution in [0.5, 0.6) is 0 Å². The maximum absolute atomic E-state index is 13.0. The molecule has 1 rings (SSSR count). The molecule has 3 nitrogen and oxygen atoms in total. The van der Waals surface area contributed by atoms with Gasteiger partial charge in [-0.3, -0.25) is 0 Å². The topological polar surface area (TPSA) is 59.6 Å². The van der Waals surface area contributed by atoms with Crippen molar-refractivity contribution in [1.29, 1.82) is 10.5 Å². The molecule has 0 unspecified atom stereocenters. The van der Waals surface area contributed by atoms with Crippen molar-refractivity contribution in [3.05, 3.63) is 40.8 Å². The molecule has 0 aliphatic carbocycles. The number of anilines is 1. The second-order valence-electron chi connectivity index (χ2n) is 3.34. The minimum absolute atomic E-state index is 0.0249. The minimum atomic E-state index is -0.301. The summed E-state index contributed by atoms with van der Waals surface area (Å²) in [6.07, 6.45) is 1.31. The number of hydrogen-bond acceptors (Lipinski definition) is 3. The van der Waals surface area contributed by atoms with E-state index in [9.17, 15) is 4.39 Å². The second-order valence-corrected chi connectivity index (χ2v) is 3.34. The van der Waals surface area contributed by atoms with Gasteiger partial charge in [0.05, 0.1) is 0 Å². The average molecular weight is 215 g/mol. The van der Waals surface area contributed by atoms with Crippen molar-refractivity contribution in [3.63, 3.8) is 0 Å². The highest BCUT2D eigenvalue weighted by molar-refractivity contribution is 5.59. The number of nitrogens with one attached hydrogen (secondary N) is 1. The zero-order chi connectivity index (χ0) is 12.1. The SMILES string of the molecule is Cc1cc(F)cc(C)c1NC=C(C#N)C#N. The molecule has 0 aliphatic heterocycles.